The minimum absolute atomic E-state index is 0.00116. The number of fused-ring (bicyclic) bond motifs is 5. The fourth-order valence-electron chi connectivity index (χ4n) is 9.22. The van der Waals surface area contributed by atoms with Crippen molar-refractivity contribution in [1.29, 1.82) is 0 Å². The summed E-state index contributed by atoms with van der Waals surface area (Å²) in [4.78, 5) is 95.3. The second kappa shape index (κ2) is 21.7. The molecule has 71 heavy (non-hydrogen) atoms. The van der Waals surface area contributed by atoms with Crippen molar-refractivity contribution in [3.05, 3.63) is 98.4 Å². The summed E-state index contributed by atoms with van der Waals surface area (Å²) in [5.41, 5.74) is 2.96. The maximum absolute atomic E-state index is 13.9. The van der Waals surface area contributed by atoms with E-state index in [4.69, 9.17) is 23.9 Å². The zero-order valence-electron chi connectivity index (χ0n) is 39.4. The Bertz CT molecular complexity index is 2840. The molecule has 2 aromatic heterocycles. The first kappa shape index (κ1) is 50.5. The number of carbonyl (C=O) groups is 6. The number of nitrogens with zero attached hydrogens (tertiary/aromatic N) is 3. The van der Waals surface area contributed by atoms with Gasteiger partial charge in [-0.25, -0.2) is 9.78 Å². The lowest BCUT2D eigenvalue weighted by atomic mass is 9.86. The van der Waals surface area contributed by atoms with E-state index in [1.807, 2.05) is 12.1 Å². The molecule has 0 radical (unpaired) electrons. The smallest absolute Gasteiger partial charge is 0.343 e. The summed E-state index contributed by atoms with van der Waals surface area (Å²) >= 11 is 0. The standard InChI is InChI=1S/C51H57N5O15/c1-3-5-9-30-31-20-28(11-13-35(31)54-45-32(30)24-56-37(45)23-34-33(48(56)65)26-70-50(66)51(34,67)4-2)22-44(62)68-25-29-12-14-39(71-49-47(64)46(63)38(57)27-69-49)36(21-29)53-41(59)17-18-52-40(58)10-7-6-8-19-55-42(60)15-16-43(55)61/h11-16,20-21,23,38,46-47,49,57,63-64,67H,3-10,17-19,22,24-27H2,1-2H3,(H,52,58)(H,53,59)/t38-,46+,47-,49?,51+/m1/s1. The highest BCUT2D eigenvalue weighted by molar-refractivity contribution is 6.12. The lowest BCUT2D eigenvalue weighted by Crippen LogP contribution is -2.54. The number of hydrogen-bond donors (Lipinski definition) is 6. The highest BCUT2D eigenvalue weighted by Crippen LogP contribution is 2.41. The van der Waals surface area contributed by atoms with Crippen LogP contribution in [-0.4, -0.2) is 115 Å². The molecule has 4 aliphatic rings. The number of anilines is 1. The van der Waals surface area contributed by atoms with E-state index in [0.717, 1.165) is 34.3 Å². The van der Waals surface area contributed by atoms with E-state index in [2.05, 4.69) is 17.6 Å². The zero-order valence-corrected chi connectivity index (χ0v) is 39.4. The lowest BCUT2D eigenvalue weighted by molar-refractivity contribution is -0.241. The molecule has 0 saturated carbocycles. The van der Waals surface area contributed by atoms with Crippen LogP contribution < -0.4 is 20.9 Å². The monoisotopic (exact) mass is 979 g/mol. The molecule has 4 aromatic rings. The van der Waals surface area contributed by atoms with E-state index in [0.29, 0.717) is 53.7 Å². The van der Waals surface area contributed by atoms with E-state index in [1.54, 1.807) is 29.7 Å². The Morgan fingerprint density at radius 3 is 2.42 bits per heavy atom. The number of ether oxygens (including phenoxy) is 4. The van der Waals surface area contributed by atoms with E-state index in [1.165, 1.54) is 24.3 Å². The van der Waals surface area contributed by atoms with Gasteiger partial charge in [0.05, 0.1) is 47.7 Å². The zero-order chi connectivity index (χ0) is 50.6. The topological polar surface area (TPSA) is 282 Å². The number of benzene rings is 2. The SMILES string of the molecule is CCCCc1c2c(nc3ccc(CC(=O)OCc4ccc(OC5OC[C@@H](O)[C@H](O)[C@H]5O)c(NC(=O)CCNC(=O)CCCCCN5C(=O)C=CC5=O)c4)cc13)-c1cc3c(c(=O)n1C2)COC(=O)[C@]3(O)CC. The van der Waals surface area contributed by atoms with E-state index < -0.39 is 48.0 Å². The van der Waals surface area contributed by atoms with Crippen LogP contribution in [0.2, 0.25) is 0 Å². The van der Waals surface area contributed by atoms with Crippen LogP contribution >= 0.6 is 0 Å². The quantitative estimate of drug-likeness (QED) is 0.0371. The molecule has 0 aliphatic carbocycles. The summed E-state index contributed by atoms with van der Waals surface area (Å²) in [5.74, 6) is -2.82. The van der Waals surface area contributed by atoms with Gasteiger partial charge in [-0.15, -0.1) is 0 Å². The summed E-state index contributed by atoms with van der Waals surface area (Å²) in [7, 11) is 0. The van der Waals surface area contributed by atoms with Crippen LogP contribution in [0.1, 0.15) is 98.6 Å². The number of rotatable bonds is 20. The number of esters is 2. The van der Waals surface area contributed by atoms with Gasteiger partial charge in [0.15, 0.2) is 5.60 Å². The van der Waals surface area contributed by atoms with E-state index in [9.17, 15) is 54.0 Å². The van der Waals surface area contributed by atoms with Crippen LogP contribution in [0.3, 0.4) is 0 Å². The highest BCUT2D eigenvalue weighted by Gasteiger charge is 2.46. The summed E-state index contributed by atoms with van der Waals surface area (Å²) in [6, 6.07) is 11.7. The van der Waals surface area contributed by atoms with Gasteiger partial charge in [-0.3, -0.25) is 33.7 Å². The van der Waals surface area contributed by atoms with Gasteiger partial charge in [-0.2, -0.15) is 0 Å². The van der Waals surface area contributed by atoms with Gasteiger partial charge < -0.3 is 54.6 Å². The Labute approximate surface area is 407 Å². The number of nitrogens with one attached hydrogen (secondary N) is 2. The Balaban J connectivity index is 0.922. The fourth-order valence-corrected chi connectivity index (χ4v) is 9.22. The van der Waals surface area contributed by atoms with Crippen LogP contribution in [0.25, 0.3) is 22.3 Å². The summed E-state index contributed by atoms with van der Waals surface area (Å²) in [6.45, 7) is 3.47. The summed E-state index contributed by atoms with van der Waals surface area (Å²) in [6.07, 6.45) is 0.546. The summed E-state index contributed by atoms with van der Waals surface area (Å²) in [5, 5.41) is 48.3. The average molecular weight is 980 g/mol. The first-order chi connectivity index (χ1) is 34.1. The second-order valence-electron chi connectivity index (χ2n) is 18.1. The number of carbonyl (C=O) groups excluding carboxylic acids is 6. The van der Waals surface area contributed by atoms with Gasteiger partial charge >= 0.3 is 11.9 Å². The molecule has 1 fully saturated rings. The molecule has 1 saturated heterocycles. The van der Waals surface area contributed by atoms with Gasteiger partial charge in [0.1, 0.15) is 37.3 Å². The largest absolute Gasteiger partial charge is 0.461 e. The van der Waals surface area contributed by atoms with Crippen molar-refractivity contribution in [2.45, 2.75) is 128 Å². The second-order valence-corrected chi connectivity index (χ2v) is 18.1. The molecule has 4 amide bonds. The number of pyridine rings is 2. The fraction of sp³-hybridized carbons (Fsp3) is 0.451. The predicted octanol–water partition coefficient (Wildman–Crippen LogP) is 2.46. The summed E-state index contributed by atoms with van der Waals surface area (Å²) < 4.78 is 23.8. The molecule has 0 bridgehead atoms. The van der Waals surface area contributed by atoms with Crippen molar-refractivity contribution >= 4 is 52.2 Å². The highest BCUT2D eigenvalue weighted by atomic mass is 16.7. The number of imide groups is 1. The Kier molecular flexibility index (Phi) is 15.4. The third-order valence-electron chi connectivity index (χ3n) is 13.3. The van der Waals surface area contributed by atoms with Crippen molar-refractivity contribution in [2.24, 2.45) is 0 Å². The molecule has 4 aliphatic heterocycles. The lowest BCUT2D eigenvalue weighted by Gasteiger charge is -2.35. The molecule has 0 spiro atoms. The minimum atomic E-state index is -1.95. The van der Waals surface area contributed by atoms with Crippen molar-refractivity contribution < 1.29 is 68.1 Å². The maximum Gasteiger partial charge on any atom is 0.343 e. The average Bonchev–Trinajstić information content (AvgIpc) is 3.89. The number of aliphatic hydroxyl groups excluding tert-OH is 3. The molecule has 6 N–H and O–H groups in total. The van der Waals surface area contributed by atoms with E-state index >= 15 is 0 Å². The third-order valence-corrected chi connectivity index (χ3v) is 13.3. The van der Waals surface area contributed by atoms with Crippen molar-refractivity contribution in [3.8, 4) is 17.1 Å². The Morgan fingerprint density at radius 2 is 1.66 bits per heavy atom. The molecule has 376 valence electrons. The number of aliphatic hydroxyl groups is 4. The molecular weight excluding hydrogens is 923 g/mol. The number of aromatic nitrogens is 2. The number of unbranched alkanes of at least 4 members (excludes halogenated alkanes) is 3. The Hall–Kier alpha value is -6.84. The molecule has 2 aromatic carbocycles. The molecule has 20 nitrogen and oxygen atoms in total. The first-order valence-corrected chi connectivity index (χ1v) is 23.9. The van der Waals surface area contributed by atoms with Gasteiger partial charge in [0.25, 0.3) is 17.4 Å². The number of hydrogen-bond acceptors (Lipinski definition) is 16. The maximum atomic E-state index is 13.9. The van der Waals surface area contributed by atoms with Crippen LogP contribution in [-0.2, 0) is 81.2 Å². The first-order valence-electron chi connectivity index (χ1n) is 23.9. The minimum Gasteiger partial charge on any atom is -0.461 e. The number of aryl methyl sites for hydroxylation is 1. The van der Waals surface area contributed by atoms with Crippen LogP contribution in [0.15, 0.2) is 59.4 Å². The van der Waals surface area contributed by atoms with Crippen molar-refractivity contribution in [2.75, 3.05) is 25.0 Å². The predicted molar refractivity (Wildman–Crippen MR) is 252 cm³/mol. The van der Waals surface area contributed by atoms with Crippen molar-refractivity contribution in [3.63, 3.8) is 0 Å². The van der Waals surface area contributed by atoms with Crippen LogP contribution in [0.5, 0.6) is 5.75 Å². The number of cyclic esters (lactones) is 1. The van der Waals surface area contributed by atoms with Crippen LogP contribution in [0.4, 0.5) is 5.69 Å². The molecule has 20 heteroatoms. The normalized spacial score (nSPS) is 21.2. The molecule has 8 rings (SSSR count). The Morgan fingerprint density at radius 1 is 0.887 bits per heavy atom. The van der Waals surface area contributed by atoms with Gasteiger partial charge in [-0.1, -0.05) is 38.8 Å². The van der Waals surface area contributed by atoms with E-state index in [-0.39, 0.29) is 111 Å². The van der Waals surface area contributed by atoms with Gasteiger partial charge in [0, 0.05) is 54.6 Å². The number of amides is 4. The van der Waals surface area contributed by atoms with Gasteiger partial charge in [-0.05, 0) is 79.1 Å². The molecular formula is C51H57N5O15. The molecule has 1 unspecified atom stereocenters. The third kappa shape index (κ3) is 10.8. The molecule has 6 heterocycles. The van der Waals surface area contributed by atoms with Gasteiger partial charge in [0.2, 0.25) is 18.1 Å². The molecule has 5 atom stereocenters. The van der Waals surface area contributed by atoms with Crippen molar-refractivity contribution in [1.82, 2.24) is 19.8 Å². The van der Waals surface area contributed by atoms with Crippen LogP contribution in [0, 0.1) is 0 Å².